The summed E-state index contributed by atoms with van der Waals surface area (Å²) in [5.74, 6) is -0.174. The maximum absolute atomic E-state index is 10.7. The van der Waals surface area contributed by atoms with Gasteiger partial charge in [0.2, 0.25) is 0 Å². The van der Waals surface area contributed by atoms with Crippen molar-refractivity contribution in [3.8, 4) is 0 Å². The smallest absolute Gasteiger partial charge is 0.321 e. The highest BCUT2D eigenvalue weighted by molar-refractivity contribution is 7.99. The minimum Gasteiger partial charge on any atom is -0.480 e. The molecule has 4 nitrogen and oxygen atoms in total. The van der Waals surface area contributed by atoms with Crippen molar-refractivity contribution in [3.05, 3.63) is 16.1 Å². The van der Waals surface area contributed by atoms with Gasteiger partial charge in [0, 0.05) is 16.8 Å². The molecule has 2 N–H and O–H groups in total. The molecule has 1 fully saturated rings. The van der Waals surface area contributed by atoms with Crippen LogP contribution in [0.2, 0.25) is 0 Å². The molecule has 0 bridgehead atoms. The van der Waals surface area contributed by atoms with Crippen LogP contribution in [-0.4, -0.2) is 27.9 Å². The summed E-state index contributed by atoms with van der Waals surface area (Å²) in [6, 6.07) is -0.436. The molecule has 1 aromatic rings. The Hall–Kier alpha value is -0.590. The number of hydrogen-bond donors (Lipinski definition) is 2. The van der Waals surface area contributed by atoms with Gasteiger partial charge in [-0.15, -0.1) is 23.1 Å². The summed E-state index contributed by atoms with van der Waals surface area (Å²) in [5, 5.41) is 14.8. The van der Waals surface area contributed by atoms with Crippen LogP contribution in [0.4, 0.5) is 0 Å². The number of aryl methyl sites for hydroxylation is 1. The molecule has 1 saturated heterocycles. The molecule has 6 heteroatoms. The number of carboxylic acid groups (broad SMARTS) is 1. The van der Waals surface area contributed by atoms with Gasteiger partial charge in [0.05, 0.1) is 0 Å². The first-order chi connectivity index (χ1) is 6.66. The van der Waals surface area contributed by atoms with Crippen LogP contribution in [0.3, 0.4) is 0 Å². The molecule has 0 aromatic carbocycles. The highest BCUT2D eigenvalue weighted by atomic mass is 32.2. The molecular formula is C8H10N2O2S2. The van der Waals surface area contributed by atoms with Gasteiger partial charge in [-0.25, -0.2) is 4.98 Å². The summed E-state index contributed by atoms with van der Waals surface area (Å²) in [6.45, 7) is 1.94. The topological polar surface area (TPSA) is 62.2 Å². The molecule has 1 aromatic heterocycles. The van der Waals surface area contributed by atoms with E-state index in [9.17, 15) is 4.79 Å². The van der Waals surface area contributed by atoms with Crippen molar-refractivity contribution < 1.29 is 9.90 Å². The molecular weight excluding hydrogens is 220 g/mol. The molecule has 1 aliphatic heterocycles. The Morgan fingerprint density at radius 3 is 3.07 bits per heavy atom. The third kappa shape index (κ3) is 1.92. The standard InChI is InChI=1S/C8H10N2O2S2/c1-4-2-13-6(9-4)7-10-5(3-14-7)8(11)12/h2,5,7,10H,3H2,1H3,(H,11,12)/t5-,7?/m1/s1. The van der Waals surface area contributed by atoms with Crippen LogP contribution in [-0.2, 0) is 4.79 Å². The third-order valence-electron chi connectivity index (χ3n) is 1.94. The lowest BCUT2D eigenvalue weighted by Gasteiger charge is -2.06. The fourth-order valence-corrected chi connectivity index (χ4v) is 3.43. The number of aromatic nitrogens is 1. The molecule has 2 heterocycles. The Balaban J connectivity index is 2.05. The van der Waals surface area contributed by atoms with Crippen LogP contribution in [0, 0.1) is 6.92 Å². The van der Waals surface area contributed by atoms with E-state index in [2.05, 4.69) is 10.3 Å². The van der Waals surface area contributed by atoms with Gasteiger partial charge in [-0.05, 0) is 6.92 Å². The summed E-state index contributed by atoms with van der Waals surface area (Å²) in [7, 11) is 0. The zero-order chi connectivity index (χ0) is 10.1. The number of carboxylic acids is 1. The second kappa shape index (κ2) is 3.88. The molecule has 0 radical (unpaired) electrons. The molecule has 14 heavy (non-hydrogen) atoms. The number of thiazole rings is 1. The molecule has 0 aliphatic carbocycles. The van der Waals surface area contributed by atoms with E-state index in [0.717, 1.165) is 10.7 Å². The zero-order valence-electron chi connectivity index (χ0n) is 7.56. The predicted octanol–water partition coefficient (Wildman–Crippen LogP) is 1.24. The average Bonchev–Trinajstić information content (AvgIpc) is 2.70. The predicted molar refractivity (Wildman–Crippen MR) is 56.6 cm³/mol. The number of carbonyl (C=O) groups is 1. The molecule has 0 amide bonds. The van der Waals surface area contributed by atoms with Gasteiger partial charge < -0.3 is 5.11 Å². The highest BCUT2D eigenvalue weighted by Gasteiger charge is 2.31. The normalized spacial score (nSPS) is 26.6. The second-order valence-electron chi connectivity index (χ2n) is 3.10. The quantitative estimate of drug-likeness (QED) is 0.800. The van der Waals surface area contributed by atoms with Gasteiger partial charge in [-0.2, -0.15) is 0 Å². The number of nitrogens with zero attached hydrogens (tertiary/aromatic N) is 1. The Morgan fingerprint density at radius 1 is 1.79 bits per heavy atom. The number of nitrogens with one attached hydrogen (secondary N) is 1. The lowest BCUT2D eigenvalue weighted by atomic mass is 10.3. The van der Waals surface area contributed by atoms with E-state index in [0.29, 0.717) is 5.75 Å². The van der Waals surface area contributed by atoms with Crippen LogP contribution < -0.4 is 5.32 Å². The first-order valence-electron chi connectivity index (χ1n) is 4.19. The maximum Gasteiger partial charge on any atom is 0.321 e. The van der Waals surface area contributed by atoms with Crippen LogP contribution in [0.5, 0.6) is 0 Å². The molecule has 1 aliphatic rings. The van der Waals surface area contributed by atoms with E-state index in [1.165, 1.54) is 0 Å². The van der Waals surface area contributed by atoms with Crippen molar-refractivity contribution in [1.29, 1.82) is 0 Å². The van der Waals surface area contributed by atoms with Gasteiger partial charge >= 0.3 is 5.97 Å². The average molecular weight is 230 g/mol. The highest BCUT2D eigenvalue weighted by Crippen LogP contribution is 2.34. The van der Waals surface area contributed by atoms with E-state index < -0.39 is 12.0 Å². The summed E-state index contributed by atoms with van der Waals surface area (Å²) in [4.78, 5) is 15.0. The Bertz CT molecular complexity index is 353. The van der Waals surface area contributed by atoms with Crippen molar-refractivity contribution in [1.82, 2.24) is 10.3 Å². The fraction of sp³-hybridized carbons (Fsp3) is 0.500. The molecule has 76 valence electrons. The van der Waals surface area contributed by atoms with Crippen LogP contribution >= 0.6 is 23.1 Å². The van der Waals surface area contributed by atoms with Crippen LogP contribution in [0.15, 0.2) is 5.38 Å². The maximum atomic E-state index is 10.7. The Labute approximate surface area is 89.7 Å². The summed E-state index contributed by atoms with van der Waals surface area (Å²) < 4.78 is 0. The SMILES string of the molecule is Cc1csc(C2N[C@@H](C(=O)O)CS2)n1. The zero-order valence-corrected chi connectivity index (χ0v) is 9.19. The molecule has 1 unspecified atom stereocenters. The number of hydrogen-bond acceptors (Lipinski definition) is 5. The summed E-state index contributed by atoms with van der Waals surface area (Å²) in [6.07, 6.45) is 0. The fourth-order valence-electron chi connectivity index (χ4n) is 1.25. The van der Waals surface area contributed by atoms with E-state index in [4.69, 9.17) is 5.11 Å². The van der Waals surface area contributed by atoms with Crippen molar-refractivity contribution in [3.63, 3.8) is 0 Å². The van der Waals surface area contributed by atoms with E-state index >= 15 is 0 Å². The third-order valence-corrected chi connectivity index (χ3v) is 4.34. The second-order valence-corrected chi connectivity index (χ2v) is 5.13. The van der Waals surface area contributed by atoms with Gasteiger partial charge in [0.1, 0.15) is 16.4 Å². The molecule has 0 spiro atoms. The van der Waals surface area contributed by atoms with Crippen LogP contribution in [0.1, 0.15) is 16.1 Å². The van der Waals surface area contributed by atoms with Crippen LogP contribution in [0.25, 0.3) is 0 Å². The van der Waals surface area contributed by atoms with E-state index in [1.54, 1.807) is 23.1 Å². The molecule has 2 rings (SSSR count). The van der Waals surface area contributed by atoms with E-state index in [1.807, 2.05) is 12.3 Å². The largest absolute Gasteiger partial charge is 0.480 e. The lowest BCUT2D eigenvalue weighted by molar-refractivity contribution is -0.138. The minimum atomic E-state index is -0.784. The first-order valence-corrected chi connectivity index (χ1v) is 6.12. The van der Waals surface area contributed by atoms with Crippen molar-refractivity contribution in [2.75, 3.05) is 5.75 Å². The van der Waals surface area contributed by atoms with Crippen molar-refractivity contribution >= 4 is 29.1 Å². The van der Waals surface area contributed by atoms with Gasteiger partial charge in [0.25, 0.3) is 0 Å². The summed E-state index contributed by atoms with van der Waals surface area (Å²) in [5.41, 5.74) is 0.992. The van der Waals surface area contributed by atoms with E-state index in [-0.39, 0.29) is 5.37 Å². The Kier molecular flexibility index (Phi) is 2.76. The van der Waals surface area contributed by atoms with Crippen molar-refractivity contribution in [2.45, 2.75) is 18.3 Å². The lowest BCUT2D eigenvalue weighted by Crippen LogP contribution is -2.33. The number of aliphatic carboxylic acids is 1. The van der Waals surface area contributed by atoms with Gasteiger partial charge in [0.15, 0.2) is 0 Å². The summed E-state index contributed by atoms with van der Waals surface area (Å²) >= 11 is 3.17. The number of rotatable bonds is 2. The number of thioether (sulfide) groups is 1. The van der Waals surface area contributed by atoms with Gasteiger partial charge in [-0.1, -0.05) is 0 Å². The molecule has 0 saturated carbocycles. The Morgan fingerprint density at radius 2 is 2.57 bits per heavy atom. The minimum absolute atomic E-state index is 0.0507. The van der Waals surface area contributed by atoms with Crippen molar-refractivity contribution in [2.24, 2.45) is 0 Å². The first kappa shape index (κ1) is 9.95. The van der Waals surface area contributed by atoms with Gasteiger partial charge in [-0.3, -0.25) is 10.1 Å². The monoisotopic (exact) mass is 230 g/mol. The molecule has 2 atom stereocenters.